The smallest absolute Gasteiger partial charge is 0.270 e. The Kier molecular flexibility index (Phi) is 3.78. The molecule has 0 aliphatic carbocycles. The highest BCUT2D eigenvalue weighted by Crippen LogP contribution is 2.00. The molecule has 0 spiro atoms. The normalized spacial score (nSPS) is 9.68. The van der Waals surface area contributed by atoms with Crippen LogP contribution in [0, 0.1) is 18.3 Å². The molecular formula is C13H11N5O. The molecule has 0 fully saturated rings. The van der Waals surface area contributed by atoms with E-state index in [0.717, 1.165) is 5.69 Å². The summed E-state index contributed by atoms with van der Waals surface area (Å²) in [6.07, 6.45) is 3.01. The number of nitrogens with one attached hydrogen (secondary N) is 1. The third-order valence-corrected chi connectivity index (χ3v) is 2.39. The third-order valence-electron chi connectivity index (χ3n) is 2.39. The maximum absolute atomic E-state index is 11.8. The third kappa shape index (κ3) is 3.33. The lowest BCUT2D eigenvalue weighted by molar-refractivity contribution is 0.0945. The van der Waals surface area contributed by atoms with Crippen LogP contribution < -0.4 is 5.32 Å². The standard InChI is InChI=1S/C13H11N5O/c1-9-15-5-4-11(18-9)8-17-13(19)12-3-2-10(6-14)7-16-12/h2-5,7H,8H2,1H3,(H,17,19). The number of amides is 1. The molecule has 2 aromatic rings. The van der Waals surface area contributed by atoms with Crippen LogP contribution in [0.2, 0.25) is 0 Å². The number of aryl methyl sites for hydroxylation is 1. The van der Waals surface area contributed by atoms with E-state index in [0.29, 0.717) is 17.9 Å². The van der Waals surface area contributed by atoms with Gasteiger partial charge in [-0.05, 0) is 25.1 Å². The van der Waals surface area contributed by atoms with E-state index in [1.807, 2.05) is 6.07 Å². The van der Waals surface area contributed by atoms with Gasteiger partial charge in [0.05, 0.1) is 17.8 Å². The monoisotopic (exact) mass is 253 g/mol. The summed E-state index contributed by atoms with van der Waals surface area (Å²) in [5.41, 5.74) is 1.42. The summed E-state index contributed by atoms with van der Waals surface area (Å²) in [6.45, 7) is 2.09. The number of carbonyl (C=O) groups is 1. The number of hydrogen-bond acceptors (Lipinski definition) is 5. The van der Waals surface area contributed by atoms with Gasteiger partial charge >= 0.3 is 0 Å². The molecule has 2 rings (SSSR count). The Morgan fingerprint density at radius 3 is 2.84 bits per heavy atom. The Hall–Kier alpha value is -2.81. The van der Waals surface area contributed by atoms with Crippen molar-refractivity contribution in [3.8, 4) is 6.07 Å². The van der Waals surface area contributed by atoms with Crippen molar-refractivity contribution in [3.05, 3.63) is 53.4 Å². The topological polar surface area (TPSA) is 91.6 Å². The van der Waals surface area contributed by atoms with Crippen LogP contribution in [0.3, 0.4) is 0 Å². The van der Waals surface area contributed by atoms with Crippen molar-refractivity contribution in [1.29, 1.82) is 5.26 Å². The highest BCUT2D eigenvalue weighted by molar-refractivity contribution is 5.92. The molecule has 2 aromatic heterocycles. The van der Waals surface area contributed by atoms with Gasteiger partial charge < -0.3 is 5.32 Å². The van der Waals surface area contributed by atoms with E-state index in [4.69, 9.17) is 5.26 Å². The molecule has 0 unspecified atom stereocenters. The van der Waals surface area contributed by atoms with Crippen LogP contribution in [0.1, 0.15) is 27.6 Å². The average Bonchev–Trinajstić information content (AvgIpc) is 2.45. The Labute approximate surface area is 110 Å². The molecular weight excluding hydrogens is 242 g/mol. The molecule has 0 bridgehead atoms. The summed E-state index contributed by atoms with van der Waals surface area (Å²) in [7, 11) is 0. The molecule has 2 heterocycles. The minimum atomic E-state index is -0.305. The second-order valence-electron chi connectivity index (χ2n) is 3.82. The molecule has 0 aromatic carbocycles. The van der Waals surface area contributed by atoms with Crippen LogP contribution in [0.25, 0.3) is 0 Å². The Bertz CT molecular complexity index is 630. The first-order chi connectivity index (χ1) is 9.19. The second-order valence-corrected chi connectivity index (χ2v) is 3.82. The number of rotatable bonds is 3. The summed E-state index contributed by atoms with van der Waals surface area (Å²) in [6, 6.07) is 6.75. The van der Waals surface area contributed by atoms with Crippen LogP contribution in [-0.2, 0) is 6.54 Å². The van der Waals surface area contributed by atoms with Gasteiger partial charge in [0.15, 0.2) is 0 Å². The van der Waals surface area contributed by atoms with Crippen LogP contribution >= 0.6 is 0 Å². The van der Waals surface area contributed by atoms with Gasteiger partial charge in [-0.2, -0.15) is 5.26 Å². The van der Waals surface area contributed by atoms with Gasteiger partial charge in [-0.1, -0.05) is 0 Å². The van der Waals surface area contributed by atoms with Crippen LogP contribution in [0.4, 0.5) is 0 Å². The fourth-order valence-corrected chi connectivity index (χ4v) is 1.46. The van der Waals surface area contributed by atoms with Gasteiger partial charge in [0.1, 0.15) is 17.6 Å². The van der Waals surface area contributed by atoms with Gasteiger partial charge in [-0.25, -0.2) is 15.0 Å². The second kappa shape index (κ2) is 5.69. The van der Waals surface area contributed by atoms with Gasteiger partial charge in [0, 0.05) is 12.4 Å². The molecule has 0 aliphatic rings. The van der Waals surface area contributed by atoms with Crippen molar-refractivity contribution < 1.29 is 4.79 Å². The van der Waals surface area contributed by atoms with Gasteiger partial charge in [0.2, 0.25) is 0 Å². The highest BCUT2D eigenvalue weighted by Gasteiger charge is 2.07. The van der Waals surface area contributed by atoms with Crippen molar-refractivity contribution in [3.63, 3.8) is 0 Å². The minimum Gasteiger partial charge on any atom is -0.345 e. The molecule has 1 N–H and O–H groups in total. The molecule has 6 heteroatoms. The van der Waals surface area contributed by atoms with Crippen molar-refractivity contribution in [2.24, 2.45) is 0 Å². The van der Waals surface area contributed by atoms with E-state index in [9.17, 15) is 4.79 Å². The number of aromatic nitrogens is 3. The number of carbonyl (C=O) groups excluding carboxylic acids is 1. The highest BCUT2D eigenvalue weighted by atomic mass is 16.1. The largest absolute Gasteiger partial charge is 0.345 e. The van der Waals surface area contributed by atoms with Crippen molar-refractivity contribution in [1.82, 2.24) is 20.3 Å². The minimum absolute atomic E-state index is 0.268. The number of nitrogens with zero attached hydrogens (tertiary/aromatic N) is 4. The Morgan fingerprint density at radius 2 is 2.21 bits per heavy atom. The zero-order valence-corrected chi connectivity index (χ0v) is 10.3. The number of pyridine rings is 1. The van der Waals surface area contributed by atoms with Crippen molar-refractivity contribution >= 4 is 5.91 Å². The summed E-state index contributed by atoms with van der Waals surface area (Å²) in [5.74, 6) is 0.351. The molecule has 19 heavy (non-hydrogen) atoms. The van der Waals surface area contributed by atoms with E-state index >= 15 is 0 Å². The molecule has 0 saturated carbocycles. The van der Waals surface area contributed by atoms with Crippen LogP contribution in [-0.4, -0.2) is 20.9 Å². The van der Waals surface area contributed by atoms with E-state index in [-0.39, 0.29) is 11.6 Å². The summed E-state index contributed by atoms with van der Waals surface area (Å²) in [4.78, 5) is 23.9. The Balaban J connectivity index is 1.99. The maximum Gasteiger partial charge on any atom is 0.270 e. The maximum atomic E-state index is 11.8. The first kappa shape index (κ1) is 12.6. The lowest BCUT2D eigenvalue weighted by Crippen LogP contribution is -2.24. The molecule has 6 nitrogen and oxygen atoms in total. The quantitative estimate of drug-likeness (QED) is 0.880. The summed E-state index contributed by atoms with van der Waals surface area (Å²) < 4.78 is 0. The Morgan fingerprint density at radius 1 is 1.37 bits per heavy atom. The first-order valence-electron chi connectivity index (χ1n) is 5.62. The molecule has 0 atom stereocenters. The van der Waals surface area contributed by atoms with E-state index in [1.54, 1.807) is 25.3 Å². The van der Waals surface area contributed by atoms with Gasteiger partial charge in [0.25, 0.3) is 5.91 Å². The van der Waals surface area contributed by atoms with E-state index < -0.39 is 0 Å². The lowest BCUT2D eigenvalue weighted by Gasteiger charge is -2.04. The SMILES string of the molecule is Cc1nccc(CNC(=O)c2ccc(C#N)cn2)n1. The average molecular weight is 253 g/mol. The molecule has 0 saturated heterocycles. The predicted molar refractivity (Wildman–Crippen MR) is 66.9 cm³/mol. The molecule has 0 radical (unpaired) electrons. The predicted octanol–water partition coefficient (Wildman–Crippen LogP) is 0.982. The van der Waals surface area contributed by atoms with Gasteiger partial charge in [-0.15, -0.1) is 0 Å². The number of hydrogen-bond donors (Lipinski definition) is 1. The number of nitriles is 1. The molecule has 0 aliphatic heterocycles. The molecule has 94 valence electrons. The summed E-state index contributed by atoms with van der Waals surface area (Å²) in [5, 5.41) is 11.3. The lowest BCUT2D eigenvalue weighted by atomic mass is 10.2. The fourth-order valence-electron chi connectivity index (χ4n) is 1.46. The summed E-state index contributed by atoms with van der Waals surface area (Å²) >= 11 is 0. The van der Waals surface area contributed by atoms with Gasteiger partial charge in [-0.3, -0.25) is 4.79 Å². The van der Waals surface area contributed by atoms with E-state index in [2.05, 4.69) is 20.3 Å². The first-order valence-corrected chi connectivity index (χ1v) is 5.62. The van der Waals surface area contributed by atoms with Crippen LogP contribution in [0.5, 0.6) is 0 Å². The molecule has 1 amide bonds. The van der Waals surface area contributed by atoms with Crippen molar-refractivity contribution in [2.45, 2.75) is 13.5 Å². The van der Waals surface area contributed by atoms with Crippen molar-refractivity contribution in [2.75, 3.05) is 0 Å². The zero-order valence-electron chi connectivity index (χ0n) is 10.3. The fraction of sp³-hybridized carbons (Fsp3) is 0.154. The zero-order chi connectivity index (χ0) is 13.7. The van der Waals surface area contributed by atoms with Crippen LogP contribution in [0.15, 0.2) is 30.6 Å². The van der Waals surface area contributed by atoms with E-state index in [1.165, 1.54) is 12.3 Å².